The number of aromatic nitrogens is 1. The lowest BCUT2D eigenvalue weighted by atomic mass is 10.1. The van der Waals surface area contributed by atoms with Crippen LogP contribution in [-0.4, -0.2) is 10.1 Å². The highest BCUT2D eigenvalue weighted by Gasteiger charge is 2.27. The summed E-state index contributed by atoms with van der Waals surface area (Å²) in [6, 6.07) is 0. The predicted octanol–water partition coefficient (Wildman–Crippen LogP) is 1.97. The van der Waals surface area contributed by atoms with E-state index in [1.807, 2.05) is 0 Å². The van der Waals surface area contributed by atoms with Gasteiger partial charge in [0, 0.05) is 11.8 Å². The van der Waals surface area contributed by atoms with Crippen molar-refractivity contribution in [1.82, 2.24) is 4.98 Å². The molecule has 1 heterocycles. The molecule has 0 bridgehead atoms. The molecule has 2 rings (SSSR count). The van der Waals surface area contributed by atoms with Gasteiger partial charge < -0.3 is 10.1 Å². The molecule has 15 heavy (non-hydrogen) atoms. The van der Waals surface area contributed by atoms with E-state index in [1.54, 1.807) is 0 Å². The minimum Gasteiger partial charge on any atom is -0.503 e. The summed E-state index contributed by atoms with van der Waals surface area (Å²) in [7, 11) is 0. The van der Waals surface area contributed by atoms with Gasteiger partial charge in [-0.2, -0.15) is 0 Å². The van der Waals surface area contributed by atoms with E-state index in [0.717, 1.165) is 19.0 Å². The Balaban J connectivity index is 2.44. The highest BCUT2D eigenvalue weighted by Crippen LogP contribution is 2.34. The van der Waals surface area contributed by atoms with Gasteiger partial charge >= 0.3 is 0 Å². The summed E-state index contributed by atoms with van der Waals surface area (Å²) < 4.78 is 25.1. The molecule has 2 N–H and O–H groups in total. The van der Waals surface area contributed by atoms with Gasteiger partial charge in [0.25, 0.3) is 6.43 Å². The number of aromatic hydroxyl groups is 1. The van der Waals surface area contributed by atoms with Crippen LogP contribution >= 0.6 is 0 Å². The van der Waals surface area contributed by atoms with Crippen molar-refractivity contribution in [1.29, 1.82) is 0 Å². The minimum absolute atomic E-state index is 0.0347. The van der Waals surface area contributed by atoms with Gasteiger partial charge in [0.2, 0.25) is 5.43 Å². The maximum absolute atomic E-state index is 12.6. The fourth-order valence-electron chi connectivity index (χ4n) is 1.58. The number of H-pyrrole nitrogens is 1. The standard InChI is InChI=1S/C10H11F2NO2/c11-10(12)8-6(3-5-1-2-5)9(15)7(14)4-13-8/h4-5,10,14H,1-3H2,(H,13,15). The molecule has 0 saturated heterocycles. The van der Waals surface area contributed by atoms with Crippen LogP contribution in [0, 0.1) is 5.92 Å². The lowest BCUT2D eigenvalue weighted by Gasteiger charge is -2.07. The van der Waals surface area contributed by atoms with Gasteiger partial charge in [-0.15, -0.1) is 0 Å². The molecule has 1 aromatic heterocycles. The van der Waals surface area contributed by atoms with E-state index < -0.39 is 17.6 Å². The van der Waals surface area contributed by atoms with Crippen molar-refractivity contribution < 1.29 is 13.9 Å². The molecule has 1 aliphatic rings. The zero-order valence-electron chi connectivity index (χ0n) is 7.96. The van der Waals surface area contributed by atoms with Crippen molar-refractivity contribution in [3.8, 4) is 5.75 Å². The number of halogens is 2. The number of alkyl halides is 2. The zero-order chi connectivity index (χ0) is 11.0. The summed E-state index contributed by atoms with van der Waals surface area (Å²) >= 11 is 0. The Morgan fingerprint density at radius 3 is 2.73 bits per heavy atom. The van der Waals surface area contributed by atoms with E-state index in [0.29, 0.717) is 12.3 Å². The molecule has 0 amide bonds. The molecule has 3 nitrogen and oxygen atoms in total. The second-order valence-corrected chi connectivity index (χ2v) is 3.84. The van der Waals surface area contributed by atoms with E-state index in [4.69, 9.17) is 5.11 Å². The molecule has 0 radical (unpaired) electrons. The number of nitrogens with one attached hydrogen (secondary N) is 1. The van der Waals surface area contributed by atoms with E-state index in [9.17, 15) is 13.6 Å². The predicted molar refractivity (Wildman–Crippen MR) is 50.1 cm³/mol. The van der Waals surface area contributed by atoms with Crippen LogP contribution < -0.4 is 5.43 Å². The topological polar surface area (TPSA) is 53.1 Å². The van der Waals surface area contributed by atoms with Crippen LogP contribution in [0.25, 0.3) is 0 Å². The molecular weight excluding hydrogens is 204 g/mol. The summed E-state index contributed by atoms with van der Waals surface area (Å²) in [5, 5.41) is 9.15. The van der Waals surface area contributed by atoms with Crippen LogP contribution in [0.3, 0.4) is 0 Å². The average molecular weight is 215 g/mol. The summed E-state index contributed by atoms with van der Waals surface area (Å²) in [6.45, 7) is 0. The SMILES string of the molecule is O=c1c(O)c[nH]c(C(F)F)c1CC1CC1. The van der Waals surface area contributed by atoms with Gasteiger partial charge in [-0.1, -0.05) is 0 Å². The van der Waals surface area contributed by atoms with Crippen molar-refractivity contribution in [3.63, 3.8) is 0 Å². The van der Waals surface area contributed by atoms with E-state index in [1.165, 1.54) is 0 Å². The maximum atomic E-state index is 12.6. The molecule has 0 atom stereocenters. The van der Waals surface area contributed by atoms with Crippen LogP contribution in [-0.2, 0) is 6.42 Å². The Labute approximate surface area is 84.8 Å². The Morgan fingerprint density at radius 2 is 2.20 bits per heavy atom. The zero-order valence-corrected chi connectivity index (χ0v) is 7.96. The molecule has 0 aliphatic heterocycles. The highest BCUT2D eigenvalue weighted by molar-refractivity contribution is 5.30. The molecule has 1 saturated carbocycles. The minimum atomic E-state index is -2.70. The Bertz CT molecular complexity index is 424. The van der Waals surface area contributed by atoms with Crippen molar-refractivity contribution in [2.45, 2.75) is 25.7 Å². The fraction of sp³-hybridized carbons (Fsp3) is 0.500. The molecular formula is C10H11F2NO2. The molecule has 5 heteroatoms. The van der Waals surface area contributed by atoms with Crippen molar-refractivity contribution in [2.75, 3.05) is 0 Å². The summed E-state index contributed by atoms with van der Waals surface area (Å²) in [6.07, 6.45) is 0.492. The summed E-state index contributed by atoms with van der Waals surface area (Å²) in [5.41, 5.74) is -0.992. The quantitative estimate of drug-likeness (QED) is 0.809. The van der Waals surface area contributed by atoms with Crippen molar-refractivity contribution in [2.24, 2.45) is 5.92 Å². The van der Waals surface area contributed by atoms with E-state index >= 15 is 0 Å². The second-order valence-electron chi connectivity index (χ2n) is 3.84. The Kier molecular flexibility index (Phi) is 2.46. The maximum Gasteiger partial charge on any atom is 0.278 e. The summed E-state index contributed by atoms with van der Waals surface area (Å²) in [4.78, 5) is 13.7. The lowest BCUT2D eigenvalue weighted by molar-refractivity contribution is 0.144. The molecule has 82 valence electrons. The van der Waals surface area contributed by atoms with Gasteiger partial charge in [-0.25, -0.2) is 8.78 Å². The largest absolute Gasteiger partial charge is 0.503 e. The number of hydrogen-bond donors (Lipinski definition) is 2. The molecule has 1 aliphatic carbocycles. The van der Waals surface area contributed by atoms with Gasteiger partial charge in [0.05, 0.1) is 5.69 Å². The lowest BCUT2D eigenvalue weighted by Crippen LogP contribution is -2.14. The molecule has 0 unspecified atom stereocenters. The summed E-state index contributed by atoms with van der Waals surface area (Å²) in [5.74, 6) is -0.166. The second kappa shape index (κ2) is 3.64. The Morgan fingerprint density at radius 1 is 1.53 bits per heavy atom. The van der Waals surface area contributed by atoms with E-state index in [2.05, 4.69) is 4.98 Å². The van der Waals surface area contributed by atoms with Crippen molar-refractivity contribution >= 4 is 0 Å². The van der Waals surface area contributed by atoms with Crippen LogP contribution in [0.4, 0.5) is 8.78 Å². The first kappa shape index (κ1) is 10.1. The fourth-order valence-corrected chi connectivity index (χ4v) is 1.58. The third-order valence-corrected chi connectivity index (χ3v) is 2.60. The van der Waals surface area contributed by atoms with Crippen LogP contribution in [0.2, 0.25) is 0 Å². The van der Waals surface area contributed by atoms with Gasteiger partial charge in [0.1, 0.15) is 0 Å². The number of rotatable bonds is 3. The third-order valence-electron chi connectivity index (χ3n) is 2.60. The first-order chi connectivity index (χ1) is 7.09. The first-order valence-electron chi connectivity index (χ1n) is 4.81. The molecule has 0 aromatic carbocycles. The highest BCUT2D eigenvalue weighted by atomic mass is 19.3. The van der Waals surface area contributed by atoms with Crippen molar-refractivity contribution in [3.05, 3.63) is 27.7 Å². The number of pyridine rings is 1. The van der Waals surface area contributed by atoms with Gasteiger partial charge in [-0.05, 0) is 25.2 Å². The number of hydrogen-bond acceptors (Lipinski definition) is 2. The van der Waals surface area contributed by atoms with Crippen LogP contribution in [0.5, 0.6) is 5.75 Å². The normalized spacial score (nSPS) is 15.9. The number of aromatic amines is 1. The van der Waals surface area contributed by atoms with Gasteiger partial charge in [0.15, 0.2) is 5.75 Å². The molecule has 0 spiro atoms. The average Bonchev–Trinajstić information content (AvgIpc) is 2.96. The first-order valence-corrected chi connectivity index (χ1v) is 4.81. The third kappa shape index (κ3) is 2.00. The smallest absolute Gasteiger partial charge is 0.278 e. The van der Waals surface area contributed by atoms with Crippen LogP contribution in [0.15, 0.2) is 11.0 Å². The Hall–Kier alpha value is -1.39. The van der Waals surface area contributed by atoms with Gasteiger partial charge in [-0.3, -0.25) is 4.79 Å². The molecule has 1 aromatic rings. The van der Waals surface area contributed by atoms with Crippen LogP contribution in [0.1, 0.15) is 30.5 Å². The monoisotopic (exact) mass is 215 g/mol. The van der Waals surface area contributed by atoms with E-state index in [-0.39, 0.29) is 11.3 Å². The molecule has 1 fully saturated rings.